The third-order valence-electron chi connectivity index (χ3n) is 3.61. The van der Waals surface area contributed by atoms with Crippen LogP contribution >= 0.6 is 11.6 Å². The van der Waals surface area contributed by atoms with Crippen molar-refractivity contribution in [2.24, 2.45) is 11.1 Å². The van der Waals surface area contributed by atoms with Crippen LogP contribution in [0.15, 0.2) is 35.5 Å². The quantitative estimate of drug-likeness (QED) is 0.794. The Morgan fingerprint density at radius 2 is 1.95 bits per heavy atom. The molecule has 0 N–H and O–H groups in total. The summed E-state index contributed by atoms with van der Waals surface area (Å²) >= 11 is 5.92. The fraction of sp³-hybridized carbons (Fsp3) is 0.312. The number of hydrogen-bond acceptors (Lipinski definition) is 4. The molecule has 0 aliphatic heterocycles. The Bertz CT molecular complexity index is 682. The van der Waals surface area contributed by atoms with E-state index >= 15 is 0 Å². The molecule has 3 rings (SSSR count). The van der Waals surface area contributed by atoms with Gasteiger partial charge in [-0.15, -0.1) is 0 Å². The first-order valence-corrected chi connectivity index (χ1v) is 7.28. The average Bonchev–Trinajstić information content (AvgIpc) is 2.48. The van der Waals surface area contributed by atoms with Crippen LogP contribution in [0.5, 0.6) is 0 Å². The van der Waals surface area contributed by atoms with E-state index in [4.69, 9.17) is 16.4 Å². The Labute approximate surface area is 128 Å². The molecule has 0 radical (unpaired) electrons. The molecule has 0 amide bonds. The van der Waals surface area contributed by atoms with E-state index in [2.05, 4.69) is 22.3 Å². The SMILES string of the molecule is CO/N=C1\C[C@@H](C)Cc2nnc(-c3ccc(Cl)cc3)cc21. The summed E-state index contributed by atoms with van der Waals surface area (Å²) in [5, 5.41) is 13.6. The summed E-state index contributed by atoms with van der Waals surface area (Å²) < 4.78 is 0. The first-order valence-electron chi connectivity index (χ1n) is 6.90. The number of nitrogens with zero attached hydrogens (tertiary/aromatic N) is 3. The second-order valence-electron chi connectivity index (χ2n) is 5.33. The molecule has 0 fully saturated rings. The van der Waals surface area contributed by atoms with Crippen molar-refractivity contribution >= 4 is 17.3 Å². The van der Waals surface area contributed by atoms with Crippen molar-refractivity contribution in [2.75, 3.05) is 7.11 Å². The fourth-order valence-corrected chi connectivity index (χ4v) is 2.74. The number of benzene rings is 1. The molecule has 1 aliphatic carbocycles. The third kappa shape index (κ3) is 2.90. The minimum Gasteiger partial charge on any atom is -0.399 e. The highest BCUT2D eigenvalue weighted by atomic mass is 35.5. The lowest BCUT2D eigenvalue weighted by atomic mass is 9.86. The summed E-state index contributed by atoms with van der Waals surface area (Å²) in [6.45, 7) is 2.18. The molecular weight excluding hydrogens is 286 g/mol. The monoisotopic (exact) mass is 301 g/mol. The molecule has 5 heteroatoms. The summed E-state index contributed by atoms with van der Waals surface area (Å²) in [7, 11) is 1.57. The molecule has 0 saturated heterocycles. The second kappa shape index (κ2) is 5.82. The summed E-state index contributed by atoms with van der Waals surface area (Å²) in [5.41, 5.74) is 4.78. The van der Waals surface area contributed by atoms with Crippen molar-refractivity contribution in [3.63, 3.8) is 0 Å². The van der Waals surface area contributed by atoms with Gasteiger partial charge < -0.3 is 4.84 Å². The van der Waals surface area contributed by atoms with Gasteiger partial charge in [0.2, 0.25) is 0 Å². The van der Waals surface area contributed by atoms with Gasteiger partial charge in [-0.3, -0.25) is 0 Å². The second-order valence-corrected chi connectivity index (χ2v) is 5.77. The predicted octanol–water partition coefficient (Wildman–Crippen LogP) is 3.73. The lowest BCUT2D eigenvalue weighted by Crippen LogP contribution is -2.21. The molecule has 0 bridgehead atoms. The van der Waals surface area contributed by atoms with Crippen LogP contribution in [0.3, 0.4) is 0 Å². The van der Waals surface area contributed by atoms with Gasteiger partial charge in [-0.25, -0.2) is 0 Å². The minimum atomic E-state index is 0.502. The molecule has 2 aromatic rings. The highest BCUT2D eigenvalue weighted by molar-refractivity contribution is 6.30. The van der Waals surface area contributed by atoms with Crippen LogP contribution in [-0.4, -0.2) is 23.0 Å². The third-order valence-corrected chi connectivity index (χ3v) is 3.86. The number of fused-ring (bicyclic) bond motifs is 1. The lowest BCUT2D eigenvalue weighted by molar-refractivity contribution is 0.212. The Morgan fingerprint density at radius 1 is 1.19 bits per heavy atom. The molecule has 0 unspecified atom stereocenters. The van der Waals surface area contributed by atoms with E-state index in [0.717, 1.165) is 41.1 Å². The van der Waals surface area contributed by atoms with Gasteiger partial charge in [0.05, 0.1) is 17.1 Å². The molecule has 1 heterocycles. The molecule has 1 aromatic carbocycles. The first kappa shape index (κ1) is 14.0. The minimum absolute atomic E-state index is 0.502. The molecule has 21 heavy (non-hydrogen) atoms. The van der Waals surface area contributed by atoms with Gasteiger partial charge in [-0.05, 0) is 37.0 Å². The lowest BCUT2D eigenvalue weighted by Gasteiger charge is -2.21. The van der Waals surface area contributed by atoms with Crippen molar-refractivity contribution < 1.29 is 4.84 Å². The molecule has 1 atom stereocenters. The maximum atomic E-state index is 5.92. The van der Waals surface area contributed by atoms with Crippen LogP contribution in [0.4, 0.5) is 0 Å². The van der Waals surface area contributed by atoms with Crippen molar-refractivity contribution in [3.8, 4) is 11.3 Å². The smallest absolute Gasteiger partial charge is 0.106 e. The largest absolute Gasteiger partial charge is 0.399 e. The van der Waals surface area contributed by atoms with Crippen LogP contribution in [-0.2, 0) is 11.3 Å². The Morgan fingerprint density at radius 3 is 2.67 bits per heavy atom. The standard InChI is InChI=1S/C16H16ClN3O/c1-10-7-15-13(16(8-10)20-21-2)9-14(18-19-15)11-3-5-12(17)6-4-11/h3-6,9-10H,7-8H2,1-2H3/b20-16+/t10-/m0/s1. The molecule has 1 aromatic heterocycles. The normalized spacial score (nSPS) is 19.4. The van der Waals surface area contributed by atoms with Crippen LogP contribution < -0.4 is 0 Å². The van der Waals surface area contributed by atoms with Crippen LogP contribution in [0, 0.1) is 5.92 Å². The number of aromatic nitrogens is 2. The van der Waals surface area contributed by atoms with Gasteiger partial charge in [0.25, 0.3) is 0 Å². The van der Waals surface area contributed by atoms with Gasteiger partial charge in [-0.1, -0.05) is 35.8 Å². The number of rotatable bonds is 2. The molecule has 0 saturated carbocycles. The van der Waals surface area contributed by atoms with E-state index in [1.54, 1.807) is 7.11 Å². The van der Waals surface area contributed by atoms with Gasteiger partial charge in [0.15, 0.2) is 0 Å². The van der Waals surface area contributed by atoms with E-state index in [1.807, 2.05) is 30.3 Å². The zero-order chi connectivity index (χ0) is 14.8. The Balaban J connectivity index is 2.05. The van der Waals surface area contributed by atoms with Crippen molar-refractivity contribution in [2.45, 2.75) is 19.8 Å². The van der Waals surface area contributed by atoms with Crippen LogP contribution in [0.25, 0.3) is 11.3 Å². The van der Waals surface area contributed by atoms with Crippen molar-refractivity contribution in [3.05, 3.63) is 46.6 Å². The van der Waals surface area contributed by atoms with Crippen molar-refractivity contribution in [1.82, 2.24) is 10.2 Å². The number of halogens is 1. The predicted molar refractivity (Wildman–Crippen MR) is 83.5 cm³/mol. The van der Waals surface area contributed by atoms with Gasteiger partial charge in [-0.2, -0.15) is 10.2 Å². The van der Waals surface area contributed by atoms with Gasteiger partial charge in [0.1, 0.15) is 7.11 Å². The molecular formula is C16H16ClN3O. The van der Waals surface area contributed by atoms with Crippen molar-refractivity contribution in [1.29, 1.82) is 0 Å². The molecule has 108 valence electrons. The number of oxime groups is 1. The summed E-state index contributed by atoms with van der Waals surface area (Å²) in [6.07, 6.45) is 1.82. The fourth-order valence-electron chi connectivity index (χ4n) is 2.62. The first-order chi connectivity index (χ1) is 10.2. The summed E-state index contributed by atoms with van der Waals surface area (Å²) in [6, 6.07) is 9.62. The van der Waals surface area contributed by atoms with E-state index < -0.39 is 0 Å². The average molecular weight is 302 g/mol. The van der Waals surface area contributed by atoms with E-state index in [-0.39, 0.29) is 0 Å². The highest BCUT2D eigenvalue weighted by Gasteiger charge is 2.23. The number of hydrogen-bond donors (Lipinski definition) is 0. The summed E-state index contributed by atoms with van der Waals surface area (Å²) in [4.78, 5) is 4.97. The Kier molecular flexibility index (Phi) is 3.88. The van der Waals surface area contributed by atoms with E-state index in [0.29, 0.717) is 10.9 Å². The molecule has 1 aliphatic rings. The van der Waals surface area contributed by atoms with Crippen LogP contribution in [0.2, 0.25) is 5.02 Å². The molecule has 4 nitrogen and oxygen atoms in total. The Hall–Kier alpha value is -1.94. The van der Waals surface area contributed by atoms with Crippen LogP contribution in [0.1, 0.15) is 24.6 Å². The zero-order valence-electron chi connectivity index (χ0n) is 12.0. The van der Waals surface area contributed by atoms with E-state index in [1.165, 1.54) is 0 Å². The molecule has 0 spiro atoms. The topological polar surface area (TPSA) is 47.4 Å². The van der Waals surface area contributed by atoms with Gasteiger partial charge in [0, 0.05) is 16.1 Å². The zero-order valence-corrected chi connectivity index (χ0v) is 12.8. The van der Waals surface area contributed by atoms with E-state index in [9.17, 15) is 0 Å². The maximum absolute atomic E-state index is 5.92. The maximum Gasteiger partial charge on any atom is 0.106 e. The highest BCUT2D eigenvalue weighted by Crippen LogP contribution is 2.27. The van der Waals surface area contributed by atoms with Gasteiger partial charge >= 0.3 is 0 Å². The summed E-state index contributed by atoms with van der Waals surface area (Å²) in [5.74, 6) is 0.502.